The van der Waals surface area contributed by atoms with Gasteiger partial charge in [-0.1, -0.05) is 49.7 Å². The van der Waals surface area contributed by atoms with E-state index in [-0.39, 0.29) is 11.4 Å². The molecule has 0 amide bonds. The van der Waals surface area contributed by atoms with Crippen LogP contribution in [0.2, 0.25) is 0 Å². The lowest BCUT2D eigenvalue weighted by molar-refractivity contribution is 0.0601. The number of carbonyl (C=O) groups excluding carboxylic acids is 1. The molecule has 2 heterocycles. The van der Waals surface area contributed by atoms with Crippen molar-refractivity contribution in [2.24, 2.45) is 0 Å². The van der Waals surface area contributed by atoms with Crippen molar-refractivity contribution in [2.75, 3.05) is 7.11 Å². The SMILES string of the molecule is CCCCc1nc2ccccc2n(Cc2ccc(-c3nnc(-c4ccccc4C(=O)OC)o3)cc2)c1=O. The molecule has 0 spiro atoms. The van der Waals surface area contributed by atoms with Crippen molar-refractivity contribution in [3.8, 4) is 22.9 Å². The maximum Gasteiger partial charge on any atom is 0.338 e. The van der Waals surface area contributed by atoms with Gasteiger partial charge in [-0.15, -0.1) is 10.2 Å². The standard InChI is InChI=1S/C29H26N4O4/c1-3-4-11-24-28(34)33(25-13-8-7-12-23(25)30-24)18-19-14-16-20(17-15-19)26-31-32-27(37-26)21-9-5-6-10-22(21)29(35)36-2/h5-10,12-17H,3-4,11,18H2,1-2H3. The van der Waals surface area contributed by atoms with Crippen molar-refractivity contribution >= 4 is 17.0 Å². The molecule has 8 heteroatoms. The van der Waals surface area contributed by atoms with Crippen LogP contribution in [0.1, 0.15) is 41.4 Å². The number of aromatic nitrogens is 4. The number of hydrogen-bond acceptors (Lipinski definition) is 7. The van der Waals surface area contributed by atoms with Crippen LogP contribution >= 0.6 is 0 Å². The number of unbranched alkanes of at least 4 members (excludes halogenated alkanes) is 1. The predicted molar refractivity (Wildman–Crippen MR) is 140 cm³/mol. The summed E-state index contributed by atoms with van der Waals surface area (Å²) in [6, 6.07) is 22.3. The molecule has 0 saturated carbocycles. The number of hydrogen-bond donors (Lipinski definition) is 0. The molecule has 5 aromatic rings. The van der Waals surface area contributed by atoms with Gasteiger partial charge < -0.3 is 13.7 Å². The number of benzene rings is 3. The number of esters is 1. The first kappa shape index (κ1) is 24.1. The van der Waals surface area contributed by atoms with Gasteiger partial charge in [0.25, 0.3) is 5.56 Å². The number of carbonyl (C=O) groups is 1. The average molecular weight is 495 g/mol. The van der Waals surface area contributed by atoms with Crippen LogP contribution < -0.4 is 5.56 Å². The average Bonchev–Trinajstić information content (AvgIpc) is 3.44. The van der Waals surface area contributed by atoms with E-state index in [0.717, 1.165) is 35.0 Å². The fourth-order valence-corrected chi connectivity index (χ4v) is 4.25. The van der Waals surface area contributed by atoms with Crippen LogP contribution in [0.5, 0.6) is 0 Å². The zero-order valence-electron chi connectivity index (χ0n) is 20.7. The third-order valence-electron chi connectivity index (χ3n) is 6.22. The summed E-state index contributed by atoms with van der Waals surface area (Å²) in [4.78, 5) is 30.0. The summed E-state index contributed by atoms with van der Waals surface area (Å²) >= 11 is 0. The summed E-state index contributed by atoms with van der Waals surface area (Å²) in [5.41, 5.74) is 4.72. The van der Waals surface area contributed by atoms with Gasteiger partial charge >= 0.3 is 5.97 Å². The summed E-state index contributed by atoms with van der Waals surface area (Å²) < 4.78 is 12.5. The normalized spacial score (nSPS) is 11.1. The minimum absolute atomic E-state index is 0.0537. The Balaban J connectivity index is 1.43. The van der Waals surface area contributed by atoms with Gasteiger partial charge in [0, 0.05) is 5.56 Å². The molecular formula is C29H26N4O4. The van der Waals surface area contributed by atoms with E-state index in [1.165, 1.54) is 7.11 Å². The Kier molecular flexibility index (Phi) is 6.89. The molecule has 186 valence electrons. The van der Waals surface area contributed by atoms with Crippen molar-refractivity contribution in [3.05, 3.63) is 100.0 Å². The van der Waals surface area contributed by atoms with Crippen molar-refractivity contribution in [3.63, 3.8) is 0 Å². The monoisotopic (exact) mass is 494 g/mol. The Morgan fingerprint density at radius 3 is 2.46 bits per heavy atom. The summed E-state index contributed by atoms with van der Waals surface area (Å²) in [6.45, 7) is 2.52. The lowest BCUT2D eigenvalue weighted by Crippen LogP contribution is -2.26. The van der Waals surface area contributed by atoms with E-state index >= 15 is 0 Å². The van der Waals surface area contributed by atoms with Crippen LogP contribution in [0, 0.1) is 0 Å². The van der Waals surface area contributed by atoms with Gasteiger partial charge in [-0.2, -0.15) is 0 Å². The first-order valence-electron chi connectivity index (χ1n) is 12.2. The smallest absolute Gasteiger partial charge is 0.338 e. The molecule has 0 aliphatic carbocycles. The van der Waals surface area contributed by atoms with Gasteiger partial charge in [-0.05, 0) is 54.8 Å². The van der Waals surface area contributed by atoms with Crippen molar-refractivity contribution in [1.82, 2.24) is 19.7 Å². The van der Waals surface area contributed by atoms with E-state index in [1.54, 1.807) is 28.8 Å². The van der Waals surface area contributed by atoms with Gasteiger partial charge in [0.15, 0.2) is 0 Å². The molecule has 8 nitrogen and oxygen atoms in total. The molecule has 37 heavy (non-hydrogen) atoms. The number of fused-ring (bicyclic) bond motifs is 1. The second-order valence-corrected chi connectivity index (χ2v) is 8.69. The van der Waals surface area contributed by atoms with Crippen LogP contribution in [-0.2, 0) is 17.7 Å². The highest BCUT2D eigenvalue weighted by Crippen LogP contribution is 2.27. The first-order chi connectivity index (χ1) is 18.1. The largest absolute Gasteiger partial charge is 0.465 e. The molecule has 0 fully saturated rings. The maximum absolute atomic E-state index is 13.3. The molecule has 0 atom stereocenters. The molecule has 0 aliphatic rings. The van der Waals surface area contributed by atoms with Crippen molar-refractivity contribution in [1.29, 1.82) is 0 Å². The van der Waals surface area contributed by atoms with E-state index in [0.29, 0.717) is 35.7 Å². The summed E-state index contributed by atoms with van der Waals surface area (Å²) in [5.74, 6) is 0.0838. The van der Waals surface area contributed by atoms with Crippen LogP contribution in [0.4, 0.5) is 0 Å². The van der Waals surface area contributed by atoms with E-state index in [4.69, 9.17) is 9.15 Å². The molecule has 5 rings (SSSR count). The molecule has 2 aromatic heterocycles. The number of rotatable bonds is 8. The van der Waals surface area contributed by atoms with Crippen LogP contribution in [0.15, 0.2) is 82.0 Å². The van der Waals surface area contributed by atoms with Crippen molar-refractivity contribution in [2.45, 2.75) is 32.7 Å². The third kappa shape index (κ3) is 4.91. The Labute approximate surface area is 213 Å². The lowest BCUT2D eigenvalue weighted by atomic mass is 10.1. The van der Waals surface area contributed by atoms with Gasteiger partial charge in [-0.25, -0.2) is 9.78 Å². The number of para-hydroxylation sites is 2. The minimum Gasteiger partial charge on any atom is -0.465 e. The number of aryl methyl sites for hydroxylation is 1. The number of methoxy groups -OCH3 is 1. The summed E-state index contributed by atoms with van der Waals surface area (Å²) in [6.07, 6.45) is 2.59. The Morgan fingerprint density at radius 1 is 0.946 bits per heavy atom. The topological polar surface area (TPSA) is 100 Å². The molecule has 0 bridgehead atoms. The zero-order chi connectivity index (χ0) is 25.8. The molecular weight excluding hydrogens is 468 g/mol. The van der Waals surface area contributed by atoms with Gasteiger partial charge in [0.05, 0.1) is 35.8 Å². The Bertz CT molecular complexity index is 1620. The molecule has 0 saturated heterocycles. The molecule has 0 aliphatic heterocycles. The quantitative estimate of drug-likeness (QED) is 0.270. The molecule has 0 unspecified atom stereocenters. The zero-order valence-corrected chi connectivity index (χ0v) is 20.7. The Hall–Kier alpha value is -4.59. The first-order valence-corrected chi connectivity index (χ1v) is 12.2. The number of ether oxygens (including phenoxy) is 1. The van der Waals surface area contributed by atoms with E-state index in [2.05, 4.69) is 22.1 Å². The highest BCUT2D eigenvalue weighted by atomic mass is 16.5. The highest BCUT2D eigenvalue weighted by Gasteiger charge is 2.18. The maximum atomic E-state index is 13.3. The Morgan fingerprint density at radius 2 is 1.68 bits per heavy atom. The molecule has 3 aromatic carbocycles. The highest BCUT2D eigenvalue weighted by molar-refractivity contribution is 5.96. The lowest BCUT2D eigenvalue weighted by Gasteiger charge is -2.12. The minimum atomic E-state index is -0.476. The van der Waals surface area contributed by atoms with Gasteiger partial charge in [0.2, 0.25) is 11.8 Å². The van der Waals surface area contributed by atoms with Gasteiger partial charge in [0.1, 0.15) is 5.69 Å². The van der Waals surface area contributed by atoms with E-state index < -0.39 is 5.97 Å². The van der Waals surface area contributed by atoms with Crippen LogP contribution in [0.25, 0.3) is 33.9 Å². The predicted octanol–water partition coefficient (Wildman–Crippen LogP) is 5.29. The molecule has 0 N–H and O–H groups in total. The summed E-state index contributed by atoms with van der Waals surface area (Å²) in [7, 11) is 1.33. The second-order valence-electron chi connectivity index (χ2n) is 8.69. The fraction of sp³-hybridized carbons (Fsp3) is 0.207. The third-order valence-corrected chi connectivity index (χ3v) is 6.22. The number of nitrogens with zero attached hydrogens (tertiary/aromatic N) is 4. The fourth-order valence-electron chi connectivity index (χ4n) is 4.25. The second kappa shape index (κ2) is 10.6. The summed E-state index contributed by atoms with van der Waals surface area (Å²) in [5, 5.41) is 8.30. The van der Waals surface area contributed by atoms with Crippen LogP contribution in [-0.4, -0.2) is 32.8 Å². The van der Waals surface area contributed by atoms with Crippen molar-refractivity contribution < 1.29 is 13.9 Å². The van der Waals surface area contributed by atoms with Gasteiger partial charge in [-0.3, -0.25) is 4.79 Å². The molecule has 0 radical (unpaired) electrons. The van der Waals surface area contributed by atoms with E-state index in [9.17, 15) is 9.59 Å². The van der Waals surface area contributed by atoms with Crippen LogP contribution in [0.3, 0.4) is 0 Å². The van der Waals surface area contributed by atoms with E-state index in [1.807, 2.05) is 48.5 Å².